The third-order valence-corrected chi connectivity index (χ3v) is 5.48. The van der Waals surface area contributed by atoms with Crippen molar-refractivity contribution >= 4 is 0 Å². The van der Waals surface area contributed by atoms with Gasteiger partial charge < -0.3 is 15.0 Å². The van der Waals surface area contributed by atoms with Gasteiger partial charge in [-0.1, -0.05) is 20.8 Å². The first kappa shape index (κ1) is 17.2. The van der Waals surface area contributed by atoms with Gasteiger partial charge in [-0.2, -0.15) is 0 Å². The van der Waals surface area contributed by atoms with Crippen molar-refractivity contribution in [2.24, 2.45) is 17.3 Å². The van der Waals surface area contributed by atoms with Crippen LogP contribution in [0.25, 0.3) is 0 Å². The molecule has 2 heterocycles. The SMILES string of the molecule is CCCNCC1(CN2CCCC(C(C)C)CC2)CCOC1. The molecule has 0 bridgehead atoms. The molecule has 2 aliphatic rings. The molecule has 2 fully saturated rings. The molecule has 3 heteroatoms. The molecule has 2 unspecified atom stereocenters. The number of hydrogen-bond acceptors (Lipinski definition) is 3. The number of nitrogens with one attached hydrogen (secondary N) is 1. The van der Waals surface area contributed by atoms with Crippen LogP contribution in [0, 0.1) is 17.3 Å². The maximum absolute atomic E-state index is 5.76. The van der Waals surface area contributed by atoms with Gasteiger partial charge in [-0.25, -0.2) is 0 Å². The predicted octanol–water partition coefficient (Wildman–Crippen LogP) is 3.15. The molecular weight excluding hydrogens is 260 g/mol. The molecule has 1 N–H and O–H groups in total. The number of nitrogens with zero attached hydrogens (tertiary/aromatic N) is 1. The molecular formula is C18H36N2O. The molecule has 2 saturated heterocycles. The van der Waals surface area contributed by atoms with Gasteiger partial charge >= 0.3 is 0 Å². The van der Waals surface area contributed by atoms with Crippen molar-refractivity contribution in [3.05, 3.63) is 0 Å². The molecule has 2 atom stereocenters. The smallest absolute Gasteiger partial charge is 0.0547 e. The topological polar surface area (TPSA) is 24.5 Å². The van der Waals surface area contributed by atoms with E-state index in [-0.39, 0.29) is 0 Å². The standard InChI is InChI=1S/C18H36N2O/c1-4-9-19-13-18(8-12-21-15-18)14-20-10-5-6-17(7-11-20)16(2)3/h16-17,19H,4-15H2,1-3H3. The number of likely N-dealkylation sites (tertiary alicyclic amines) is 1. The zero-order valence-corrected chi connectivity index (χ0v) is 14.5. The van der Waals surface area contributed by atoms with E-state index >= 15 is 0 Å². The number of rotatable bonds is 7. The molecule has 3 nitrogen and oxygen atoms in total. The van der Waals surface area contributed by atoms with Crippen LogP contribution in [0.2, 0.25) is 0 Å². The van der Waals surface area contributed by atoms with E-state index in [4.69, 9.17) is 4.74 Å². The fraction of sp³-hybridized carbons (Fsp3) is 1.00. The van der Waals surface area contributed by atoms with Crippen LogP contribution in [-0.2, 0) is 4.74 Å². The third-order valence-electron chi connectivity index (χ3n) is 5.48. The van der Waals surface area contributed by atoms with Gasteiger partial charge in [-0.05, 0) is 63.6 Å². The highest BCUT2D eigenvalue weighted by Gasteiger charge is 2.36. The average molecular weight is 296 g/mol. The Bertz CT molecular complexity index is 287. The fourth-order valence-electron chi connectivity index (χ4n) is 3.98. The molecule has 2 aliphatic heterocycles. The van der Waals surface area contributed by atoms with Crippen LogP contribution in [0.15, 0.2) is 0 Å². The van der Waals surface area contributed by atoms with Crippen LogP contribution in [-0.4, -0.2) is 50.8 Å². The van der Waals surface area contributed by atoms with E-state index in [1.807, 2.05) is 0 Å². The van der Waals surface area contributed by atoms with Crippen molar-refractivity contribution < 1.29 is 4.74 Å². The van der Waals surface area contributed by atoms with Crippen molar-refractivity contribution in [1.29, 1.82) is 0 Å². The van der Waals surface area contributed by atoms with E-state index in [1.54, 1.807) is 0 Å². The van der Waals surface area contributed by atoms with E-state index in [2.05, 4.69) is 31.0 Å². The summed E-state index contributed by atoms with van der Waals surface area (Å²) in [4.78, 5) is 2.73. The summed E-state index contributed by atoms with van der Waals surface area (Å²) in [5, 5.41) is 3.64. The Labute approximate surface area is 131 Å². The van der Waals surface area contributed by atoms with Gasteiger partial charge in [0.2, 0.25) is 0 Å². The largest absolute Gasteiger partial charge is 0.381 e. The van der Waals surface area contributed by atoms with Gasteiger partial charge in [-0.15, -0.1) is 0 Å². The lowest BCUT2D eigenvalue weighted by Gasteiger charge is -2.34. The Hall–Kier alpha value is -0.120. The monoisotopic (exact) mass is 296 g/mol. The third kappa shape index (κ3) is 5.22. The van der Waals surface area contributed by atoms with Crippen LogP contribution in [0.5, 0.6) is 0 Å². The number of ether oxygens (including phenoxy) is 1. The highest BCUT2D eigenvalue weighted by Crippen LogP contribution is 2.31. The Morgan fingerprint density at radius 2 is 2.14 bits per heavy atom. The Morgan fingerprint density at radius 1 is 1.29 bits per heavy atom. The molecule has 0 aromatic heterocycles. The Morgan fingerprint density at radius 3 is 2.81 bits per heavy atom. The van der Waals surface area contributed by atoms with E-state index in [0.29, 0.717) is 5.41 Å². The highest BCUT2D eigenvalue weighted by atomic mass is 16.5. The molecule has 0 radical (unpaired) electrons. The molecule has 0 saturated carbocycles. The summed E-state index contributed by atoms with van der Waals surface area (Å²) in [5.74, 6) is 1.78. The van der Waals surface area contributed by atoms with Crippen LogP contribution >= 0.6 is 0 Å². The van der Waals surface area contributed by atoms with E-state index in [1.165, 1.54) is 51.7 Å². The first-order chi connectivity index (χ1) is 10.2. The van der Waals surface area contributed by atoms with Gasteiger partial charge in [-0.3, -0.25) is 0 Å². The van der Waals surface area contributed by atoms with Crippen LogP contribution < -0.4 is 5.32 Å². The fourth-order valence-corrected chi connectivity index (χ4v) is 3.98. The van der Waals surface area contributed by atoms with Crippen molar-refractivity contribution in [2.75, 3.05) is 45.9 Å². The minimum atomic E-state index is 0.368. The molecule has 21 heavy (non-hydrogen) atoms. The first-order valence-electron chi connectivity index (χ1n) is 9.16. The molecule has 0 aliphatic carbocycles. The Balaban J connectivity index is 1.85. The lowest BCUT2D eigenvalue weighted by atomic mass is 9.86. The summed E-state index contributed by atoms with van der Waals surface area (Å²) < 4.78 is 5.76. The van der Waals surface area contributed by atoms with Crippen molar-refractivity contribution in [2.45, 2.75) is 52.9 Å². The summed E-state index contributed by atoms with van der Waals surface area (Å²) in [6.45, 7) is 15.0. The predicted molar refractivity (Wildman–Crippen MR) is 89.6 cm³/mol. The molecule has 0 aromatic rings. The highest BCUT2D eigenvalue weighted by molar-refractivity contribution is 4.89. The second kappa shape index (κ2) is 8.50. The van der Waals surface area contributed by atoms with Gasteiger partial charge in [0.1, 0.15) is 0 Å². The average Bonchev–Trinajstić information content (AvgIpc) is 2.78. The second-order valence-corrected chi connectivity index (χ2v) is 7.69. The zero-order chi connectivity index (χ0) is 15.1. The van der Waals surface area contributed by atoms with E-state index in [0.717, 1.165) is 38.1 Å². The molecule has 2 rings (SSSR count). The van der Waals surface area contributed by atoms with E-state index in [9.17, 15) is 0 Å². The molecule has 0 aromatic carbocycles. The summed E-state index contributed by atoms with van der Waals surface area (Å²) >= 11 is 0. The normalized spacial score (nSPS) is 31.7. The van der Waals surface area contributed by atoms with E-state index < -0.39 is 0 Å². The Kier molecular flexibility index (Phi) is 6.97. The van der Waals surface area contributed by atoms with Gasteiger partial charge in [0, 0.05) is 25.1 Å². The van der Waals surface area contributed by atoms with Crippen LogP contribution in [0.4, 0.5) is 0 Å². The summed E-state index contributed by atoms with van der Waals surface area (Å²) in [6.07, 6.45) is 6.63. The summed E-state index contributed by atoms with van der Waals surface area (Å²) in [6, 6.07) is 0. The summed E-state index contributed by atoms with van der Waals surface area (Å²) in [7, 11) is 0. The molecule has 124 valence electrons. The van der Waals surface area contributed by atoms with Crippen molar-refractivity contribution in [3.8, 4) is 0 Å². The minimum Gasteiger partial charge on any atom is -0.381 e. The first-order valence-corrected chi connectivity index (χ1v) is 9.16. The van der Waals surface area contributed by atoms with Gasteiger partial charge in [0.15, 0.2) is 0 Å². The maximum atomic E-state index is 5.76. The quantitative estimate of drug-likeness (QED) is 0.730. The van der Waals surface area contributed by atoms with Crippen LogP contribution in [0.3, 0.4) is 0 Å². The lowest BCUT2D eigenvalue weighted by Crippen LogP contribution is -2.45. The van der Waals surface area contributed by atoms with Gasteiger partial charge in [0.05, 0.1) is 6.61 Å². The second-order valence-electron chi connectivity index (χ2n) is 7.69. The van der Waals surface area contributed by atoms with Crippen molar-refractivity contribution in [1.82, 2.24) is 10.2 Å². The van der Waals surface area contributed by atoms with Crippen molar-refractivity contribution in [3.63, 3.8) is 0 Å². The molecule has 0 amide bonds. The minimum absolute atomic E-state index is 0.368. The maximum Gasteiger partial charge on any atom is 0.0547 e. The van der Waals surface area contributed by atoms with Gasteiger partial charge in [0.25, 0.3) is 0 Å². The summed E-state index contributed by atoms with van der Waals surface area (Å²) in [5.41, 5.74) is 0.368. The molecule has 0 spiro atoms. The number of hydrogen-bond donors (Lipinski definition) is 1. The zero-order valence-electron chi connectivity index (χ0n) is 14.5. The lowest BCUT2D eigenvalue weighted by molar-refractivity contribution is 0.109. The van der Waals surface area contributed by atoms with Crippen LogP contribution in [0.1, 0.15) is 52.9 Å².